The molecule has 1 aliphatic carbocycles. The molecule has 0 aromatic carbocycles. The third kappa shape index (κ3) is 2.59. The Morgan fingerprint density at radius 3 is 2.50 bits per heavy atom. The Balaban J connectivity index is 1.69. The molecular weight excluding hydrogens is 271 g/mol. The van der Waals surface area contributed by atoms with E-state index in [-0.39, 0.29) is 12.1 Å². The predicted octanol–water partition coefficient (Wildman–Crippen LogP) is 2.36. The largest absolute Gasteiger partial charge is 0.458 e. The highest BCUT2D eigenvalue weighted by Crippen LogP contribution is 2.36. The minimum absolute atomic E-state index is 0.0239. The maximum absolute atomic E-state index is 12.4. The molecule has 0 radical (unpaired) electrons. The van der Waals surface area contributed by atoms with Gasteiger partial charge in [-0.15, -0.1) is 0 Å². The van der Waals surface area contributed by atoms with Gasteiger partial charge in [0.15, 0.2) is 0 Å². The van der Waals surface area contributed by atoms with Crippen molar-refractivity contribution in [2.75, 3.05) is 13.6 Å². The lowest BCUT2D eigenvalue weighted by atomic mass is 9.78. The van der Waals surface area contributed by atoms with E-state index >= 15 is 0 Å². The van der Waals surface area contributed by atoms with Crippen molar-refractivity contribution in [1.29, 1.82) is 0 Å². The summed E-state index contributed by atoms with van der Waals surface area (Å²) in [4.78, 5) is 9.61. The van der Waals surface area contributed by atoms with Gasteiger partial charge in [-0.2, -0.15) is 13.2 Å². The molecule has 2 aliphatic heterocycles. The van der Waals surface area contributed by atoms with Crippen molar-refractivity contribution in [3.8, 4) is 6.01 Å². The zero-order valence-corrected chi connectivity index (χ0v) is 11.1. The van der Waals surface area contributed by atoms with Crippen LogP contribution in [0.2, 0.25) is 0 Å². The van der Waals surface area contributed by atoms with Crippen LogP contribution in [-0.2, 0) is 6.18 Å². The minimum atomic E-state index is -4.41. The zero-order chi connectivity index (χ0) is 14.3. The molecule has 1 aromatic heterocycles. The van der Waals surface area contributed by atoms with Crippen molar-refractivity contribution in [3.63, 3.8) is 0 Å². The number of aromatic nitrogens is 2. The Labute approximate surface area is 115 Å². The maximum atomic E-state index is 12.4. The summed E-state index contributed by atoms with van der Waals surface area (Å²) in [6.45, 7) is 1.07. The Hall–Kier alpha value is -1.37. The van der Waals surface area contributed by atoms with Gasteiger partial charge < -0.3 is 4.74 Å². The summed E-state index contributed by atoms with van der Waals surface area (Å²) in [6.07, 6.45) is 0.293. The number of fused-ring (bicyclic) bond motifs is 3. The monoisotopic (exact) mass is 287 g/mol. The van der Waals surface area contributed by atoms with E-state index < -0.39 is 11.7 Å². The Morgan fingerprint density at radius 1 is 1.25 bits per heavy atom. The lowest BCUT2D eigenvalue weighted by Crippen LogP contribution is -2.55. The normalized spacial score (nSPS) is 30.5. The second-order valence-electron chi connectivity index (χ2n) is 5.59. The van der Waals surface area contributed by atoms with Crippen LogP contribution in [0.5, 0.6) is 6.01 Å². The van der Waals surface area contributed by atoms with Crippen molar-refractivity contribution >= 4 is 0 Å². The van der Waals surface area contributed by atoms with Crippen molar-refractivity contribution in [1.82, 2.24) is 14.9 Å². The SMILES string of the molecule is CN1CC2CCC1C(Oc1ncc(C(F)(F)F)cn1)C2. The van der Waals surface area contributed by atoms with Gasteiger partial charge in [-0.05, 0) is 32.2 Å². The summed E-state index contributed by atoms with van der Waals surface area (Å²) in [5, 5.41) is 0. The number of halogens is 3. The maximum Gasteiger partial charge on any atom is 0.419 e. The highest BCUT2D eigenvalue weighted by molar-refractivity contribution is 5.11. The third-order valence-electron chi connectivity index (χ3n) is 4.19. The van der Waals surface area contributed by atoms with Gasteiger partial charge in [-0.25, -0.2) is 9.97 Å². The number of piperidine rings is 2. The van der Waals surface area contributed by atoms with Gasteiger partial charge in [0.05, 0.1) is 5.56 Å². The lowest BCUT2D eigenvalue weighted by Gasteiger charge is -2.47. The number of likely N-dealkylation sites (N-methyl/N-ethyl adjacent to an activating group) is 1. The minimum Gasteiger partial charge on any atom is -0.458 e. The number of rotatable bonds is 2. The number of hydrogen-bond acceptors (Lipinski definition) is 4. The van der Waals surface area contributed by atoms with E-state index in [1.54, 1.807) is 0 Å². The standard InChI is InChI=1S/C13H16F3N3O/c1-19-7-8-2-3-10(19)11(4-8)20-12-17-5-9(6-18-12)13(14,15)16/h5-6,8,10-11H,2-4,7H2,1H3. The van der Waals surface area contributed by atoms with Gasteiger partial charge >= 0.3 is 12.2 Å². The van der Waals surface area contributed by atoms with Crippen molar-refractivity contribution in [2.24, 2.45) is 5.92 Å². The molecule has 0 N–H and O–H groups in total. The summed E-state index contributed by atoms with van der Waals surface area (Å²) in [6, 6.07) is 0.342. The smallest absolute Gasteiger partial charge is 0.419 e. The number of ether oxygens (including phenoxy) is 1. The fourth-order valence-electron chi connectivity index (χ4n) is 3.19. The number of hydrogen-bond donors (Lipinski definition) is 0. The quantitative estimate of drug-likeness (QED) is 0.837. The molecule has 4 rings (SSSR count). The Morgan fingerprint density at radius 2 is 1.95 bits per heavy atom. The van der Waals surface area contributed by atoms with Crippen molar-refractivity contribution in [3.05, 3.63) is 18.0 Å². The first-order chi connectivity index (χ1) is 9.43. The molecule has 7 heteroatoms. The van der Waals surface area contributed by atoms with Crippen LogP contribution in [0.4, 0.5) is 13.2 Å². The molecule has 3 aliphatic rings. The molecule has 20 heavy (non-hydrogen) atoms. The fraction of sp³-hybridized carbons (Fsp3) is 0.692. The highest BCUT2D eigenvalue weighted by atomic mass is 19.4. The predicted molar refractivity (Wildman–Crippen MR) is 65.2 cm³/mol. The van der Waals surface area contributed by atoms with Crippen LogP contribution in [0.25, 0.3) is 0 Å². The molecule has 3 heterocycles. The van der Waals surface area contributed by atoms with Gasteiger partial charge in [0.25, 0.3) is 0 Å². The molecule has 3 atom stereocenters. The second kappa shape index (κ2) is 4.87. The van der Waals surface area contributed by atoms with E-state index in [4.69, 9.17) is 4.74 Å². The molecule has 3 fully saturated rings. The Kier molecular flexibility index (Phi) is 3.32. The summed E-state index contributed by atoms with van der Waals surface area (Å²) in [5.74, 6) is 0.601. The van der Waals surface area contributed by atoms with Gasteiger partial charge in [-0.1, -0.05) is 0 Å². The van der Waals surface area contributed by atoms with E-state index in [2.05, 4.69) is 21.9 Å². The van der Waals surface area contributed by atoms with Crippen LogP contribution < -0.4 is 4.74 Å². The van der Waals surface area contributed by atoms with Crippen LogP contribution in [0, 0.1) is 5.92 Å². The molecule has 1 aromatic rings. The fourth-order valence-corrected chi connectivity index (χ4v) is 3.19. The molecule has 110 valence electrons. The van der Waals surface area contributed by atoms with Gasteiger partial charge in [0.1, 0.15) is 6.10 Å². The second-order valence-corrected chi connectivity index (χ2v) is 5.59. The van der Waals surface area contributed by atoms with Crippen molar-refractivity contribution < 1.29 is 17.9 Å². The van der Waals surface area contributed by atoms with E-state index in [1.807, 2.05) is 0 Å². The van der Waals surface area contributed by atoms with Gasteiger partial charge in [0.2, 0.25) is 0 Å². The van der Waals surface area contributed by atoms with Gasteiger partial charge in [-0.3, -0.25) is 4.90 Å². The van der Waals surface area contributed by atoms with Crippen LogP contribution in [0.3, 0.4) is 0 Å². The topological polar surface area (TPSA) is 38.2 Å². The summed E-state index contributed by atoms with van der Waals surface area (Å²) in [5.41, 5.74) is -0.855. The van der Waals surface area contributed by atoms with Crippen LogP contribution in [0.1, 0.15) is 24.8 Å². The van der Waals surface area contributed by atoms with E-state index in [1.165, 1.54) is 6.42 Å². The van der Waals surface area contributed by atoms with E-state index in [0.717, 1.165) is 31.8 Å². The summed E-state index contributed by atoms with van der Waals surface area (Å²) < 4.78 is 43.0. The van der Waals surface area contributed by atoms with Crippen LogP contribution in [0.15, 0.2) is 12.4 Å². The molecular formula is C13H16F3N3O. The summed E-state index contributed by atoms with van der Waals surface area (Å²) in [7, 11) is 2.06. The zero-order valence-electron chi connectivity index (χ0n) is 11.1. The average molecular weight is 287 g/mol. The molecule has 2 saturated heterocycles. The molecule has 0 amide bonds. The average Bonchev–Trinajstić information content (AvgIpc) is 2.38. The summed E-state index contributed by atoms with van der Waals surface area (Å²) >= 11 is 0. The van der Waals surface area contributed by atoms with Gasteiger partial charge in [0, 0.05) is 25.0 Å². The first-order valence-electron chi connectivity index (χ1n) is 6.69. The first kappa shape index (κ1) is 13.6. The molecule has 1 saturated carbocycles. The molecule has 3 unspecified atom stereocenters. The van der Waals surface area contributed by atoms with Crippen molar-refractivity contribution in [2.45, 2.75) is 37.6 Å². The molecule has 2 bridgehead atoms. The van der Waals surface area contributed by atoms with Crippen LogP contribution in [-0.4, -0.2) is 40.6 Å². The Bertz CT molecular complexity index is 477. The molecule has 4 nitrogen and oxygen atoms in total. The lowest BCUT2D eigenvalue weighted by molar-refractivity contribution is -0.138. The molecule has 0 spiro atoms. The first-order valence-corrected chi connectivity index (χ1v) is 6.69. The highest BCUT2D eigenvalue weighted by Gasteiger charge is 2.40. The number of nitrogens with zero attached hydrogens (tertiary/aromatic N) is 3. The van der Waals surface area contributed by atoms with E-state index in [9.17, 15) is 13.2 Å². The third-order valence-corrected chi connectivity index (χ3v) is 4.19. The van der Waals surface area contributed by atoms with Crippen LogP contribution >= 0.6 is 0 Å². The number of alkyl halides is 3. The van der Waals surface area contributed by atoms with E-state index in [0.29, 0.717) is 12.0 Å².